The maximum absolute atomic E-state index is 11.9. The van der Waals surface area contributed by atoms with Crippen molar-refractivity contribution in [2.75, 3.05) is 13.6 Å². The van der Waals surface area contributed by atoms with Crippen LogP contribution in [0.3, 0.4) is 0 Å². The molecule has 4 heteroatoms. The zero-order chi connectivity index (χ0) is 12.1. The van der Waals surface area contributed by atoms with Gasteiger partial charge >= 0.3 is 0 Å². The van der Waals surface area contributed by atoms with E-state index in [2.05, 4.69) is 0 Å². The topological polar surface area (TPSA) is 46.3 Å². The van der Waals surface area contributed by atoms with Crippen molar-refractivity contribution >= 4 is 23.1 Å². The van der Waals surface area contributed by atoms with E-state index in [1.54, 1.807) is 24.1 Å². The highest BCUT2D eigenvalue weighted by Gasteiger charge is 2.15. The number of nitrogens with two attached hydrogens (primary N) is 1. The van der Waals surface area contributed by atoms with E-state index in [1.165, 1.54) is 0 Å². The maximum Gasteiger partial charge on any atom is 0.253 e. The Bertz CT molecular complexity index is 378. The summed E-state index contributed by atoms with van der Waals surface area (Å²) in [7, 11) is 1.75. The molecule has 0 saturated carbocycles. The number of nitrogens with zero attached hydrogens (tertiary/aromatic N) is 1. The van der Waals surface area contributed by atoms with Crippen molar-refractivity contribution in [3.8, 4) is 0 Å². The first-order valence-corrected chi connectivity index (χ1v) is 5.53. The van der Waals surface area contributed by atoms with Crippen molar-refractivity contribution in [1.82, 2.24) is 4.90 Å². The molecule has 2 N–H and O–H groups in total. The third kappa shape index (κ3) is 3.31. The third-order valence-corrected chi connectivity index (χ3v) is 2.80. The van der Waals surface area contributed by atoms with Gasteiger partial charge in [0.05, 0.1) is 4.99 Å². The molecule has 86 valence electrons. The zero-order valence-corrected chi connectivity index (χ0v) is 10.3. The Morgan fingerprint density at radius 1 is 1.44 bits per heavy atom. The first-order chi connectivity index (χ1) is 7.52. The molecule has 1 amide bonds. The van der Waals surface area contributed by atoms with Crippen molar-refractivity contribution in [2.45, 2.75) is 6.92 Å². The van der Waals surface area contributed by atoms with Crippen LogP contribution in [0.1, 0.15) is 17.3 Å². The van der Waals surface area contributed by atoms with Gasteiger partial charge in [-0.1, -0.05) is 37.3 Å². The Morgan fingerprint density at radius 3 is 2.50 bits per heavy atom. The van der Waals surface area contributed by atoms with Crippen molar-refractivity contribution < 1.29 is 4.79 Å². The molecular weight excluding hydrogens is 220 g/mol. The lowest BCUT2D eigenvalue weighted by atomic mass is 10.1. The van der Waals surface area contributed by atoms with E-state index in [-0.39, 0.29) is 11.8 Å². The molecule has 1 aromatic carbocycles. The second kappa shape index (κ2) is 5.61. The van der Waals surface area contributed by atoms with Gasteiger partial charge in [0.15, 0.2) is 0 Å². The summed E-state index contributed by atoms with van der Waals surface area (Å²) in [4.78, 5) is 14.0. The fraction of sp³-hybridized carbons (Fsp3) is 0.333. The van der Waals surface area contributed by atoms with Crippen LogP contribution in [0, 0.1) is 5.92 Å². The number of hydrogen-bond acceptors (Lipinski definition) is 2. The van der Waals surface area contributed by atoms with Crippen LogP contribution in [0.4, 0.5) is 0 Å². The normalized spacial score (nSPS) is 11.9. The Kier molecular flexibility index (Phi) is 4.43. The summed E-state index contributed by atoms with van der Waals surface area (Å²) >= 11 is 4.88. The lowest BCUT2D eigenvalue weighted by molar-refractivity contribution is 0.0787. The van der Waals surface area contributed by atoms with E-state index < -0.39 is 0 Å². The molecule has 0 fully saturated rings. The minimum absolute atomic E-state index is 0.0105. The Morgan fingerprint density at radius 2 is 2.00 bits per heavy atom. The smallest absolute Gasteiger partial charge is 0.253 e. The van der Waals surface area contributed by atoms with Gasteiger partial charge in [0.1, 0.15) is 0 Å². The fourth-order valence-electron chi connectivity index (χ4n) is 1.38. The summed E-state index contributed by atoms with van der Waals surface area (Å²) in [6.07, 6.45) is 0. The fourth-order valence-corrected chi connectivity index (χ4v) is 1.46. The van der Waals surface area contributed by atoms with Crippen molar-refractivity contribution in [3.05, 3.63) is 35.9 Å². The van der Waals surface area contributed by atoms with Crippen LogP contribution in [-0.4, -0.2) is 29.4 Å². The number of carbonyl (C=O) groups is 1. The Labute approximate surface area is 101 Å². The second-order valence-electron chi connectivity index (χ2n) is 3.86. The summed E-state index contributed by atoms with van der Waals surface area (Å²) in [5.74, 6) is 0.0244. The number of benzene rings is 1. The summed E-state index contributed by atoms with van der Waals surface area (Å²) < 4.78 is 0. The highest BCUT2D eigenvalue weighted by Crippen LogP contribution is 2.06. The first-order valence-electron chi connectivity index (χ1n) is 5.12. The van der Waals surface area contributed by atoms with E-state index in [4.69, 9.17) is 18.0 Å². The van der Waals surface area contributed by atoms with Crippen LogP contribution in [0.2, 0.25) is 0 Å². The molecule has 0 aliphatic heterocycles. The number of carbonyl (C=O) groups excluding carboxylic acids is 1. The SMILES string of the molecule is C[C@@H](CN(C)C(=O)c1ccccc1)C(N)=S. The molecule has 0 aromatic heterocycles. The van der Waals surface area contributed by atoms with Gasteiger partial charge in [-0.2, -0.15) is 0 Å². The molecule has 0 bridgehead atoms. The number of hydrogen-bond donors (Lipinski definition) is 1. The van der Waals surface area contributed by atoms with Gasteiger partial charge in [-0.05, 0) is 12.1 Å². The van der Waals surface area contributed by atoms with Gasteiger partial charge in [-0.3, -0.25) is 4.79 Å². The van der Waals surface area contributed by atoms with Gasteiger partial charge in [-0.15, -0.1) is 0 Å². The molecule has 0 unspecified atom stereocenters. The van der Waals surface area contributed by atoms with Crippen LogP contribution in [0.25, 0.3) is 0 Å². The average Bonchev–Trinajstić information content (AvgIpc) is 2.28. The summed E-state index contributed by atoms with van der Waals surface area (Å²) in [5.41, 5.74) is 6.20. The molecule has 0 saturated heterocycles. The molecule has 0 radical (unpaired) electrons. The maximum atomic E-state index is 11.9. The van der Waals surface area contributed by atoms with E-state index in [9.17, 15) is 4.79 Å². The van der Waals surface area contributed by atoms with Gasteiger partial charge < -0.3 is 10.6 Å². The zero-order valence-electron chi connectivity index (χ0n) is 9.51. The number of rotatable bonds is 4. The average molecular weight is 236 g/mol. The predicted molar refractivity (Wildman–Crippen MR) is 69.4 cm³/mol. The monoisotopic (exact) mass is 236 g/mol. The minimum atomic E-state index is -0.0105. The number of thiocarbonyl (C=S) groups is 1. The molecule has 0 aliphatic carbocycles. The van der Waals surface area contributed by atoms with Crippen LogP contribution in [0.5, 0.6) is 0 Å². The van der Waals surface area contributed by atoms with Crippen molar-refractivity contribution in [1.29, 1.82) is 0 Å². The van der Waals surface area contributed by atoms with Gasteiger partial charge in [0, 0.05) is 25.1 Å². The van der Waals surface area contributed by atoms with Crippen LogP contribution >= 0.6 is 12.2 Å². The third-order valence-electron chi connectivity index (χ3n) is 2.40. The van der Waals surface area contributed by atoms with E-state index in [0.29, 0.717) is 17.1 Å². The summed E-state index contributed by atoms with van der Waals surface area (Å²) in [6.45, 7) is 2.46. The molecule has 16 heavy (non-hydrogen) atoms. The van der Waals surface area contributed by atoms with Crippen LogP contribution in [0.15, 0.2) is 30.3 Å². The standard InChI is InChI=1S/C12H16N2OS/c1-9(11(13)16)8-14(2)12(15)10-6-4-3-5-7-10/h3-7,9H,8H2,1-2H3,(H2,13,16)/t9-/m0/s1. The summed E-state index contributed by atoms with van der Waals surface area (Å²) in [6, 6.07) is 9.17. The second-order valence-corrected chi connectivity index (χ2v) is 4.33. The minimum Gasteiger partial charge on any atom is -0.393 e. The molecule has 0 heterocycles. The first kappa shape index (κ1) is 12.6. The molecule has 1 atom stereocenters. The van der Waals surface area contributed by atoms with E-state index >= 15 is 0 Å². The van der Waals surface area contributed by atoms with E-state index in [0.717, 1.165) is 0 Å². The van der Waals surface area contributed by atoms with Gasteiger partial charge in [0.2, 0.25) is 0 Å². The quantitative estimate of drug-likeness (QED) is 0.809. The van der Waals surface area contributed by atoms with Gasteiger partial charge in [0.25, 0.3) is 5.91 Å². The summed E-state index contributed by atoms with van der Waals surface area (Å²) in [5, 5.41) is 0. The number of amides is 1. The Hall–Kier alpha value is -1.42. The van der Waals surface area contributed by atoms with Crippen molar-refractivity contribution in [2.24, 2.45) is 11.7 Å². The van der Waals surface area contributed by atoms with Gasteiger partial charge in [-0.25, -0.2) is 0 Å². The highest BCUT2D eigenvalue weighted by molar-refractivity contribution is 7.80. The van der Waals surface area contributed by atoms with Crippen LogP contribution in [-0.2, 0) is 0 Å². The van der Waals surface area contributed by atoms with E-state index in [1.807, 2.05) is 25.1 Å². The lowest BCUT2D eigenvalue weighted by Gasteiger charge is -2.20. The molecule has 0 aliphatic rings. The highest BCUT2D eigenvalue weighted by atomic mass is 32.1. The molecule has 0 spiro atoms. The molecule has 1 aromatic rings. The Balaban J connectivity index is 2.65. The molecular formula is C12H16N2OS. The largest absolute Gasteiger partial charge is 0.393 e. The van der Waals surface area contributed by atoms with Crippen molar-refractivity contribution in [3.63, 3.8) is 0 Å². The molecule has 3 nitrogen and oxygen atoms in total. The predicted octanol–water partition coefficient (Wildman–Crippen LogP) is 1.68. The molecule has 1 rings (SSSR count). The lowest BCUT2D eigenvalue weighted by Crippen LogP contribution is -2.35. The van der Waals surface area contributed by atoms with Crippen LogP contribution < -0.4 is 5.73 Å².